The van der Waals surface area contributed by atoms with Crippen LogP contribution < -0.4 is 0 Å². The molecule has 3 fully saturated rings. The Kier molecular flexibility index (Phi) is 14.5. The number of hydrogen-bond donors (Lipinski definition) is 0. The molecule has 178 valence electrons. The summed E-state index contributed by atoms with van der Waals surface area (Å²) in [6, 6.07) is 0. The predicted molar refractivity (Wildman–Crippen MR) is 136 cm³/mol. The van der Waals surface area contributed by atoms with Gasteiger partial charge in [-0.25, -0.2) is 0 Å². The zero-order valence-corrected chi connectivity index (χ0v) is 21.4. The number of unbranched alkanes of at least 4 members (excludes halogenated alkanes) is 3. The van der Waals surface area contributed by atoms with Crippen molar-refractivity contribution < 1.29 is 0 Å². The van der Waals surface area contributed by atoms with Crippen LogP contribution in [0.1, 0.15) is 162 Å². The third kappa shape index (κ3) is 11.0. The molecule has 0 aromatic rings. The van der Waals surface area contributed by atoms with Crippen LogP contribution in [0.25, 0.3) is 0 Å². The SMILES string of the molecule is CCCC1CCC(C)CC1.CCCCCCC(CC1CCCCC1)C1CCCCC1. The Morgan fingerprint density at radius 1 is 0.600 bits per heavy atom. The first-order valence-electron chi connectivity index (χ1n) is 14.7. The van der Waals surface area contributed by atoms with E-state index in [0.717, 1.165) is 29.6 Å². The highest BCUT2D eigenvalue weighted by Crippen LogP contribution is 2.39. The van der Waals surface area contributed by atoms with E-state index in [1.165, 1.54) is 103 Å². The van der Waals surface area contributed by atoms with Crippen molar-refractivity contribution >= 4 is 0 Å². The van der Waals surface area contributed by atoms with E-state index in [9.17, 15) is 0 Å². The molecule has 0 spiro atoms. The van der Waals surface area contributed by atoms with Gasteiger partial charge in [0, 0.05) is 0 Å². The van der Waals surface area contributed by atoms with E-state index < -0.39 is 0 Å². The van der Waals surface area contributed by atoms with E-state index >= 15 is 0 Å². The van der Waals surface area contributed by atoms with Crippen LogP contribution in [0.15, 0.2) is 0 Å². The van der Waals surface area contributed by atoms with Gasteiger partial charge in [-0.1, -0.05) is 156 Å². The van der Waals surface area contributed by atoms with Gasteiger partial charge in [0.05, 0.1) is 0 Å². The summed E-state index contributed by atoms with van der Waals surface area (Å²) in [5.41, 5.74) is 0. The van der Waals surface area contributed by atoms with Gasteiger partial charge in [-0.3, -0.25) is 0 Å². The first kappa shape index (κ1) is 26.3. The molecule has 0 bridgehead atoms. The van der Waals surface area contributed by atoms with Crippen LogP contribution in [0.4, 0.5) is 0 Å². The Morgan fingerprint density at radius 3 is 1.83 bits per heavy atom. The molecule has 30 heavy (non-hydrogen) atoms. The molecule has 3 rings (SSSR count). The zero-order chi connectivity index (χ0) is 21.4. The van der Waals surface area contributed by atoms with Crippen LogP contribution >= 0.6 is 0 Å². The number of hydrogen-bond acceptors (Lipinski definition) is 0. The van der Waals surface area contributed by atoms with Crippen LogP contribution in [-0.4, -0.2) is 0 Å². The van der Waals surface area contributed by atoms with E-state index in [1.807, 2.05) is 0 Å². The fraction of sp³-hybridized carbons (Fsp3) is 1.00. The van der Waals surface area contributed by atoms with Gasteiger partial charge in [0.15, 0.2) is 0 Å². The molecule has 0 heterocycles. The van der Waals surface area contributed by atoms with Gasteiger partial charge in [-0.15, -0.1) is 0 Å². The van der Waals surface area contributed by atoms with Gasteiger partial charge >= 0.3 is 0 Å². The van der Waals surface area contributed by atoms with Crippen molar-refractivity contribution in [1.82, 2.24) is 0 Å². The Hall–Kier alpha value is 0. The molecular formula is C30H58. The molecule has 0 amide bonds. The fourth-order valence-corrected chi connectivity index (χ4v) is 6.86. The lowest BCUT2D eigenvalue weighted by Gasteiger charge is -2.34. The van der Waals surface area contributed by atoms with Crippen LogP contribution in [0.5, 0.6) is 0 Å². The van der Waals surface area contributed by atoms with Gasteiger partial charge in [0.25, 0.3) is 0 Å². The molecule has 0 saturated heterocycles. The lowest BCUT2D eigenvalue weighted by molar-refractivity contribution is 0.177. The average molecular weight is 419 g/mol. The fourth-order valence-electron chi connectivity index (χ4n) is 6.86. The molecule has 1 unspecified atom stereocenters. The molecular weight excluding hydrogens is 360 g/mol. The minimum atomic E-state index is 1.02. The smallest absolute Gasteiger partial charge is 0.0383 e. The van der Waals surface area contributed by atoms with Crippen molar-refractivity contribution in [2.75, 3.05) is 0 Å². The maximum absolute atomic E-state index is 2.39. The number of rotatable bonds is 10. The molecule has 3 saturated carbocycles. The highest BCUT2D eigenvalue weighted by molar-refractivity contribution is 4.78. The second-order valence-electron chi connectivity index (χ2n) is 11.7. The highest BCUT2D eigenvalue weighted by Gasteiger charge is 2.26. The van der Waals surface area contributed by atoms with E-state index in [-0.39, 0.29) is 0 Å². The summed E-state index contributed by atoms with van der Waals surface area (Å²) in [5, 5.41) is 0. The topological polar surface area (TPSA) is 0 Å². The second kappa shape index (κ2) is 16.6. The lowest BCUT2D eigenvalue weighted by Crippen LogP contribution is -2.22. The average Bonchev–Trinajstić information content (AvgIpc) is 2.79. The first-order valence-corrected chi connectivity index (χ1v) is 14.7. The van der Waals surface area contributed by atoms with Crippen molar-refractivity contribution in [2.24, 2.45) is 29.6 Å². The van der Waals surface area contributed by atoms with Crippen molar-refractivity contribution in [3.05, 3.63) is 0 Å². The van der Waals surface area contributed by atoms with Gasteiger partial charge in [-0.05, 0) is 36.0 Å². The summed E-state index contributed by atoms with van der Waals surface area (Å²) in [6.45, 7) is 7.03. The maximum atomic E-state index is 2.39. The van der Waals surface area contributed by atoms with Gasteiger partial charge in [0.1, 0.15) is 0 Å². The Bertz CT molecular complexity index is 365. The summed E-state index contributed by atoms with van der Waals surface area (Å²) < 4.78 is 0. The third-order valence-electron chi connectivity index (χ3n) is 8.94. The molecule has 0 aromatic carbocycles. The molecule has 0 heteroatoms. The van der Waals surface area contributed by atoms with Crippen molar-refractivity contribution in [2.45, 2.75) is 162 Å². The predicted octanol–water partition coefficient (Wildman–Crippen LogP) is 10.7. The Balaban J connectivity index is 0.000000269. The molecule has 1 atom stereocenters. The normalized spacial score (nSPS) is 27.3. The zero-order valence-electron chi connectivity index (χ0n) is 21.4. The van der Waals surface area contributed by atoms with Gasteiger partial charge in [0.2, 0.25) is 0 Å². The van der Waals surface area contributed by atoms with Crippen molar-refractivity contribution in [3.8, 4) is 0 Å². The quantitative estimate of drug-likeness (QED) is 0.309. The van der Waals surface area contributed by atoms with Crippen LogP contribution in [-0.2, 0) is 0 Å². The first-order chi connectivity index (χ1) is 14.7. The summed E-state index contributed by atoms with van der Waals surface area (Å²) in [6.07, 6.45) is 33.2. The summed E-state index contributed by atoms with van der Waals surface area (Å²) >= 11 is 0. The molecule has 0 aromatic heterocycles. The third-order valence-corrected chi connectivity index (χ3v) is 8.94. The van der Waals surface area contributed by atoms with Crippen LogP contribution in [0.3, 0.4) is 0 Å². The van der Waals surface area contributed by atoms with Crippen LogP contribution in [0.2, 0.25) is 0 Å². The van der Waals surface area contributed by atoms with E-state index in [4.69, 9.17) is 0 Å². The molecule has 0 radical (unpaired) electrons. The van der Waals surface area contributed by atoms with Gasteiger partial charge in [-0.2, -0.15) is 0 Å². The molecule has 0 nitrogen and oxygen atoms in total. The van der Waals surface area contributed by atoms with E-state index in [0.29, 0.717) is 0 Å². The summed E-state index contributed by atoms with van der Waals surface area (Å²) in [4.78, 5) is 0. The maximum Gasteiger partial charge on any atom is -0.0383 e. The Morgan fingerprint density at radius 2 is 1.23 bits per heavy atom. The Labute approximate surface area is 191 Å². The summed E-state index contributed by atoms with van der Waals surface area (Å²) in [7, 11) is 0. The van der Waals surface area contributed by atoms with Crippen molar-refractivity contribution in [1.29, 1.82) is 0 Å². The minimum Gasteiger partial charge on any atom is -0.0654 e. The van der Waals surface area contributed by atoms with Crippen molar-refractivity contribution in [3.63, 3.8) is 0 Å². The highest BCUT2D eigenvalue weighted by atomic mass is 14.3. The second-order valence-corrected chi connectivity index (χ2v) is 11.7. The van der Waals surface area contributed by atoms with Crippen LogP contribution in [0, 0.1) is 29.6 Å². The molecule has 0 aliphatic heterocycles. The largest absolute Gasteiger partial charge is 0.0654 e. The van der Waals surface area contributed by atoms with Gasteiger partial charge < -0.3 is 0 Å². The van der Waals surface area contributed by atoms with E-state index in [2.05, 4.69) is 20.8 Å². The van der Waals surface area contributed by atoms with E-state index in [1.54, 1.807) is 38.5 Å². The minimum absolute atomic E-state index is 1.02. The lowest BCUT2D eigenvalue weighted by atomic mass is 9.72. The standard InChI is InChI=1S/C20H38.C10H20/c1-2-3-4-9-16-20(19-14-10-6-11-15-19)17-18-12-7-5-8-13-18;1-3-4-10-7-5-9(2)6-8-10/h18-20H,2-17H2,1H3;9-10H,3-8H2,1-2H3. The molecule has 3 aliphatic carbocycles. The molecule has 3 aliphatic rings. The summed E-state index contributed by atoms with van der Waals surface area (Å²) in [5.74, 6) is 5.40. The monoisotopic (exact) mass is 418 g/mol. The molecule has 0 N–H and O–H groups in total.